The molecule has 0 aliphatic rings. The number of nitro groups is 1. The maximum absolute atomic E-state index is 11.7. The van der Waals surface area contributed by atoms with Crippen molar-refractivity contribution >= 4 is 11.6 Å². The Morgan fingerprint density at radius 1 is 1.50 bits per heavy atom. The Labute approximate surface area is 105 Å². The summed E-state index contributed by atoms with van der Waals surface area (Å²) in [4.78, 5) is 22.1. The smallest absolute Gasteiger partial charge is 0.273 e. The van der Waals surface area contributed by atoms with Gasteiger partial charge in [-0.05, 0) is 18.9 Å². The molecule has 1 aromatic rings. The van der Waals surface area contributed by atoms with Gasteiger partial charge in [0.05, 0.1) is 4.92 Å². The number of benzene rings is 1. The van der Waals surface area contributed by atoms with E-state index >= 15 is 0 Å². The zero-order valence-corrected chi connectivity index (χ0v) is 10.2. The molecule has 1 amide bonds. The van der Waals surface area contributed by atoms with Crippen LogP contribution in [-0.4, -0.2) is 29.1 Å². The summed E-state index contributed by atoms with van der Waals surface area (Å²) in [6, 6.07) is 4.45. The molecule has 0 aliphatic heterocycles. The average molecular weight is 252 g/mol. The quantitative estimate of drug-likeness (QED) is 0.453. The Balaban J connectivity index is 2.87. The van der Waals surface area contributed by atoms with E-state index in [9.17, 15) is 14.9 Å². The van der Waals surface area contributed by atoms with Crippen LogP contribution in [0.2, 0.25) is 0 Å². The van der Waals surface area contributed by atoms with Crippen LogP contribution in [0.25, 0.3) is 0 Å². The lowest BCUT2D eigenvalue weighted by molar-refractivity contribution is -0.385. The first-order chi connectivity index (χ1) is 8.60. The Hall–Kier alpha value is -1.95. The molecule has 1 rings (SSSR count). The summed E-state index contributed by atoms with van der Waals surface area (Å²) in [5.74, 6) is -0.366. The molecule has 6 heteroatoms. The molecular formula is C12H16N2O4. The number of carbonyl (C=O) groups excluding carboxylic acids is 1. The highest BCUT2D eigenvalue weighted by Gasteiger charge is 2.15. The maximum atomic E-state index is 11.7. The lowest BCUT2D eigenvalue weighted by Gasteiger charge is -2.05. The Bertz CT molecular complexity index is 446. The van der Waals surface area contributed by atoms with Gasteiger partial charge in [0, 0.05) is 30.3 Å². The maximum Gasteiger partial charge on any atom is 0.273 e. The lowest BCUT2D eigenvalue weighted by Crippen LogP contribution is -2.25. The first-order valence-corrected chi connectivity index (χ1v) is 5.76. The van der Waals surface area contributed by atoms with Crippen LogP contribution in [0.3, 0.4) is 0 Å². The molecule has 0 saturated heterocycles. The summed E-state index contributed by atoms with van der Waals surface area (Å²) < 4.78 is 0. The summed E-state index contributed by atoms with van der Waals surface area (Å²) in [6.45, 7) is 2.16. The van der Waals surface area contributed by atoms with Crippen molar-refractivity contribution in [1.29, 1.82) is 0 Å². The van der Waals surface area contributed by atoms with E-state index in [4.69, 9.17) is 5.11 Å². The third-order valence-corrected chi connectivity index (χ3v) is 2.55. The van der Waals surface area contributed by atoms with Crippen molar-refractivity contribution in [3.8, 4) is 0 Å². The van der Waals surface area contributed by atoms with Crippen LogP contribution in [0, 0.1) is 10.1 Å². The number of nitrogens with one attached hydrogen (secondary N) is 1. The molecule has 2 N–H and O–H groups in total. The molecule has 18 heavy (non-hydrogen) atoms. The van der Waals surface area contributed by atoms with Crippen LogP contribution < -0.4 is 5.32 Å². The fraction of sp³-hybridized carbons (Fsp3) is 0.417. The van der Waals surface area contributed by atoms with E-state index in [1.165, 1.54) is 6.07 Å². The highest BCUT2D eigenvalue weighted by Crippen LogP contribution is 2.20. The number of nitrogens with zero attached hydrogens (tertiary/aromatic N) is 1. The van der Waals surface area contributed by atoms with Crippen LogP contribution in [0.1, 0.15) is 29.3 Å². The zero-order chi connectivity index (χ0) is 13.5. The molecule has 1 aromatic carbocycles. The van der Waals surface area contributed by atoms with Gasteiger partial charge in [0.1, 0.15) is 0 Å². The van der Waals surface area contributed by atoms with Gasteiger partial charge in [-0.25, -0.2) is 0 Å². The largest absolute Gasteiger partial charge is 0.396 e. The van der Waals surface area contributed by atoms with Crippen LogP contribution in [0.15, 0.2) is 18.2 Å². The van der Waals surface area contributed by atoms with Gasteiger partial charge in [-0.15, -0.1) is 0 Å². The number of rotatable bonds is 6. The van der Waals surface area contributed by atoms with E-state index in [-0.39, 0.29) is 23.8 Å². The first-order valence-electron chi connectivity index (χ1n) is 5.76. The fourth-order valence-electron chi connectivity index (χ4n) is 1.56. The Morgan fingerprint density at radius 3 is 2.78 bits per heavy atom. The molecule has 98 valence electrons. The van der Waals surface area contributed by atoms with Crippen molar-refractivity contribution in [2.75, 3.05) is 13.2 Å². The van der Waals surface area contributed by atoms with E-state index < -0.39 is 4.92 Å². The predicted molar refractivity (Wildman–Crippen MR) is 66.5 cm³/mol. The fourth-order valence-corrected chi connectivity index (χ4v) is 1.56. The minimum Gasteiger partial charge on any atom is -0.396 e. The molecule has 0 radical (unpaired) electrons. The molecular weight excluding hydrogens is 236 g/mol. The number of hydrogen-bond acceptors (Lipinski definition) is 4. The van der Waals surface area contributed by atoms with Crippen LogP contribution in [-0.2, 0) is 6.42 Å². The van der Waals surface area contributed by atoms with Gasteiger partial charge in [-0.3, -0.25) is 14.9 Å². The predicted octanol–water partition coefficient (Wildman–Crippen LogP) is 1.27. The number of amides is 1. The van der Waals surface area contributed by atoms with Crippen molar-refractivity contribution in [1.82, 2.24) is 5.32 Å². The number of nitro benzene ring substituents is 1. The van der Waals surface area contributed by atoms with Gasteiger partial charge in [-0.2, -0.15) is 0 Å². The molecule has 0 aliphatic carbocycles. The minimum atomic E-state index is -0.483. The summed E-state index contributed by atoms with van der Waals surface area (Å²) in [7, 11) is 0. The van der Waals surface area contributed by atoms with E-state index in [2.05, 4.69) is 5.32 Å². The van der Waals surface area contributed by atoms with Crippen molar-refractivity contribution in [2.45, 2.75) is 19.8 Å². The number of hydrogen-bond donors (Lipinski definition) is 2. The summed E-state index contributed by atoms with van der Waals surface area (Å²) in [5.41, 5.74) is 0.830. The van der Waals surface area contributed by atoms with Crippen LogP contribution in [0.4, 0.5) is 5.69 Å². The normalized spacial score (nSPS) is 10.1. The summed E-state index contributed by atoms with van der Waals surface area (Å²) >= 11 is 0. The number of carbonyl (C=O) groups is 1. The topological polar surface area (TPSA) is 92.5 Å². The van der Waals surface area contributed by atoms with Gasteiger partial charge in [0.25, 0.3) is 11.6 Å². The SMILES string of the molecule is CCc1ccc(C(=O)NCCCO)cc1[N+](=O)[O-]. The second-order valence-corrected chi connectivity index (χ2v) is 3.79. The highest BCUT2D eigenvalue weighted by molar-refractivity contribution is 5.94. The molecule has 0 heterocycles. The standard InChI is InChI=1S/C12H16N2O4/c1-2-9-4-5-10(8-11(9)14(17)18)12(16)13-6-3-7-15/h4-5,8,15H,2-3,6-7H2,1H3,(H,13,16). The van der Waals surface area contributed by atoms with E-state index in [1.54, 1.807) is 12.1 Å². The van der Waals surface area contributed by atoms with Crippen molar-refractivity contribution in [3.05, 3.63) is 39.4 Å². The summed E-state index contributed by atoms with van der Waals surface area (Å²) in [5, 5.41) is 22.0. The van der Waals surface area contributed by atoms with Crippen molar-refractivity contribution in [3.63, 3.8) is 0 Å². The summed E-state index contributed by atoms with van der Waals surface area (Å²) in [6.07, 6.45) is 1.00. The number of aliphatic hydroxyl groups excluding tert-OH is 1. The van der Waals surface area contributed by atoms with Crippen molar-refractivity contribution < 1.29 is 14.8 Å². The molecule has 0 saturated carbocycles. The van der Waals surface area contributed by atoms with Gasteiger partial charge in [0.2, 0.25) is 0 Å². The second-order valence-electron chi connectivity index (χ2n) is 3.79. The Kier molecular flexibility index (Phi) is 5.26. The second kappa shape index (κ2) is 6.70. The van der Waals surface area contributed by atoms with Crippen LogP contribution in [0.5, 0.6) is 0 Å². The number of aryl methyl sites for hydroxylation is 1. The van der Waals surface area contributed by atoms with Gasteiger partial charge in [-0.1, -0.05) is 13.0 Å². The van der Waals surface area contributed by atoms with E-state index in [0.717, 1.165) is 0 Å². The molecule has 0 bridgehead atoms. The molecule has 0 atom stereocenters. The van der Waals surface area contributed by atoms with Crippen molar-refractivity contribution in [2.24, 2.45) is 0 Å². The zero-order valence-electron chi connectivity index (χ0n) is 10.2. The average Bonchev–Trinajstić information content (AvgIpc) is 2.38. The molecule has 0 aromatic heterocycles. The first kappa shape index (κ1) is 14.1. The molecule has 0 spiro atoms. The molecule has 0 fully saturated rings. The van der Waals surface area contributed by atoms with E-state index in [0.29, 0.717) is 24.9 Å². The van der Waals surface area contributed by atoms with Gasteiger partial charge < -0.3 is 10.4 Å². The third-order valence-electron chi connectivity index (χ3n) is 2.55. The monoisotopic (exact) mass is 252 g/mol. The molecule has 0 unspecified atom stereocenters. The third kappa shape index (κ3) is 3.53. The highest BCUT2D eigenvalue weighted by atomic mass is 16.6. The van der Waals surface area contributed by atoms with Crippen LogP contribution >= 0.6 is 0 Å². The number of aliphatic hydroxyl groups is 1. The van der Waals surface area contributed by atoms with E-state index in [1.807, 2.05) is 6.92 Å². The van der Waals surface area contributed by atoms with Gasteiger partial charge in [0.15, 0.2) is 0 Å². The molecule has 6 nitrogen and oxygen atoms in total. The lowest BCUT2D eigenvalue weighted by atomic mass is 10.1. The Morgan fingerprint density at radius 2 is 2.22 bits per heavy atom. The minimum absolute atomic E-state index is 0.00476. The van der Waals surface area contributed by atoms with Gasteiger partial charge >= 0.3 is 0 Å².